The number of likely N-dealkylation sites (N-methyl/N-ethyl adjacent to an activating group) is 1. The van der Waals surface area contributed by atoms with Crippen molar-refractivity contribution in [1.82, 2.24) is 9.88 Å². The maximum Gasteiger partial charge on any atom is 0.328 e. The van der Waals surface area contributed by atoms with Crippen molar-refractivity contribution in [3.8, 4) is 0 Å². The van der Waals surface area contributed by atoms with E-state index in [1.165, 1.54) is 31.9 Å². The van der Waals surface area contributed by atoms with Gasteiger partial charge in [0.1, 0.15) is 12.0 Å². The van der Waals surface area contributed by atoms with Crippen molar-refractivity contribution >= 4 is 34.1 Å². The first-order chi connectivity index (χ1) is 14.5. The van der Waals surface area contributed by atoms with Crippen LogP contribution in [0.5, 0.6) is 0 Å². The van der Waals surface area contributed by atoms with Gasteiger partial charge in [-0.2, -0.15) is 0 Å². The SMILES string of the molecule is CN(C(=O)Nc1ccccc1)C(=O)[C@@H]1C=C2c3cccc4[nH]cc(c34)C[C@H]2[NH+](C)C1. The molecule has 3 N–H and O–H groups in total. The van der Waals surface area contributed by atoms with E-state index >= 15 is 0 Å². The molecule has 5 rings (SSSR count). The summed E-state index contributed by atoms with van der Waals surface area (Å²) in [7, 11) is 3.69. The van der Waals surface area contributed by atoms with Crippen molar-refractivity contribution < 1.29 is 14.5 Å². The van der Waals surface area contributed by atoms with Gasteiger partial charge in [-0.25, -0.2) is 4.79 Å². The molecule has 6 nitrogen and oxygen atoms in total. The van der Waals surface area contributed by atoms with Crippen LogP contribution < -0.4 is 10.2 Å². The van der Waals surface area contributed by atoms with E-state index in [9.17, 15) is 9.59 Å². The number of hydrogen-bond donors (Lipinski definition) is 3. The minimum absolute atomic E-state index is 0.180. The summed E-state index contributed by atoms with van der Waals surface area (Å²) >= 11 is 0. The fourth-order valence-electron chi connectivity index (χ4n) is 4.82. The number of imide groups is 1. The zero-order valence-corrected chi connectivity index (χ0v) is 17.1. The molecule has 2 aromatic carbocycles. The van der Waals surface area contributed by atoms with E-state index < -0.39 is 6.03 Å². The molecule has 152 valence electrons. The molecule has 3 amide bonds. The van der Waals surface area contributed by atoms with E-state index in [0.29, 0.717) is 18.3 Å². The summed E-state index contributed by atoms with van der Waals surface area (Å²) in [4.78, 5) is 31.7. The second-order valence-corrected chi connectivity index (χ2v) is 8.27. The molecule has 1 aromatic heterocycles. The van der Waals surface area contributed by atoms with Crippen molar-refractivity contribution in [2.45, 2.75) is 12.5 Å². The van der Waals surface area contributed by atoms with Gasteiger partial charge >= 0.3 is 6.03 Å². The molecule has 1 unspecified atom stereocenters. The second kappa shape index (κ2) is 7.15. The van der Waals surface area contributed by atoms with Crippen LogP contribution in [0, 0.1) is 5.92 Å². The van der Waals surface area contributed by atoms with Crippen molar-refractivity contribution in [2.75, 3.05) is 26.0 Å². The highest BCUT2D eigenvalue weighted by atomic mass is 16.2. The Bertz CT molecular complexity index is 1160. The number of nitrogens with zero attached hydrogens (tertiary/aromatic N) is 1. The summed E-state index contributed by atoms with van der Waals surface area (Å²) in [5.74, 6) is -0.515. The van der Waals surface area contributed by atoms with Crippen LogP contribution in [0.4, 0.5) is 10.5 Å². The molecule has 0 bridgehead atoms. The molecular formula is C24H25N4O2+. The van der Waals surface area contributed by atoms with Gasteiger partial charge in [0, 0.05) is 41.8 Å². The topological polar surface area (TPSA) is 69.6 Å². The van der Waals surface area contributed by atoms with Gasteiger partial charge in [0.25, 0.3) is 0 Å². The van der Waals surface area contributed by atoms with E-state index in [2.05, 4.69) is 47.8 Å². The lowest BCUT2D eigenvalue weighted by Gasteiger charge is -2.37. The van der Waals surface area contributed by atoms with Gasteiger partial charge in [0.15, 0.2) is 0 Å². The highest BCUT2D eigenvalue weighted by Crippen LogP contribution is 2.37. The predicted molar refractivity (Wildman–Crippen MR) is 117 cm³/mol. The average Bonchev–Trinajstić information content (AvgIpc) is 3.18. The van der Waals surface area contributed by atoms with E-state index in [0.717, 1.165) is 11.9 Å². The minimum atomic E-state index is -0.414. The number of carbonyl (C=O) groups excluding carboxylic acids is 2. The van der Waals surface area contributed by atoms with E-state index in [1.54, 1.807) is 19.2 Å². The van der Waals surface area contributed by atoms with Gasteiger partial charge in [0.05, 0.1) is 13.6 Å². The van der Waals surface area contributed by atoms with Gasteiger partial charge in [-0.1, -0.05) is 36.4 Å². The van der Waals surface area contributed by atoms with Crippen LogP contribution in [0.25, 0.3) is 16.5 Å². The molecule has 0 spiro atoms. The van der Waals surface area contributed by atoms with Gasteiger partial charge in [0.2, 0.25) is 5.91 Å². The Labute approximate surface area is 175 Å². The molecule has 0 radical (unpaired) electrons. The third-order valence-electron chi connectivity index (χ3n) is 6.39. The van der Waals surface area contributed by atoms with E-state index in [-0.39, 0.29) is 11.8 Å². The number of quaternary nitrogens is 1. The number of aromatic nitrogens is 1. The van der Waals surface area contributed by atoms with Crippen LogP contribution >= 0.6 is 0 Å². The number of H-pyrrole nitrogens is 1. The van der Waals surface area contributed by atoms with Crippen molar-refractivity contribution in [1.29, 1.82) is 0 Å². The first-order valence-electron chi connectivity index (χ1n) is 10.3. The maximum atomic E-state index is 13.2. The minimum Gasteiger partial charge on any atom is -0.361 e. The fourth-order valence-corrected chi connectivity index (χ4v) is 4.82. The smallest absolute Gasteiger partial charge is 0.328 e. The van der Waals surface area contributed by atoms with Crippen molar-refractivity contribution in [3.05, 3.63) is 71.9 Å². The summed E-state index contributed by atoms with van der Waals surface area (Å²) in [6, 6.07) is 15.4. The molecule has 2 heterocycles. The summed E-state index contributed by atoms with van der Waals surface area (Å²) in [6.45, 7) is 0.672. The van der Waals surface area contributed by atoms with Crippen LogP contribution in [0.2, 0.25) is 0 Å². The van der Waals surface area contributed by atoms with Crippen molar-refractivity contribution in [2.24, 2.45) is 5.92 Å². The zero-order valence-electron chi connectivity index (χ0n) is 17.1. The van der Waals surface area contributed by atoms with Crippen molar-refractivity contribution in [3.63, 3.8) is 0 Å². The quantitative estimate of drug-likeness (QED) is 0.617. The Morgan fingerprint density at radius 2 is 1.93 bits per heavy atom. The fraction of sp³-hybridized carbons (Fsp3) is 0.250. The zero-order chi connectivity index (χ0) is 20.8. The highest BCUT2D eigenvalue weighted by molar-refractivity contribution is 6.03. The predicted octanol–water partition coefficient (Wildman–Crippen LogP) is 2.31. The van der Waals surface area contributed by atoms with Crippen LogP contribution in [0.1, 0.15) is 11.1 Å². The van der Waals surface area contributed by atoms with Crippen LogP contribution in [0.3, 0.4) is 0 Å². The number of carbonyl (C=O) groups is 2. The Hall–Kier alpha value is -3.38. The molecule has 1 aliphatic heterocycles. The van der Waals surface area contributed by atoms with E-state index in [1.807, 2.05) is 18.2 Å². The molecule has 6 heteroatoms. The number of para-hydroxylation sites is 1. The number of urea groups is 1. The highest BCUT2D eigenvalue weighted by Gasteiger charge is 2.40. The Morgan fingerprint density at radius 3 is 2.73 bits per heavy atom. The van der Waals surface area contributed by atoms with Gasteiger partial charge in [-0.3, -0.25) is 9.69 Å². The maximum absolute atomic E-state index is 13.2. The molecule has 30 heavy (non-hydrogen) atoms. The number of amides is 3. The first-order valence-corrected chi connectivity index (χ1v) is 10.3. The third kappa shape index (κ3) is 3.00. The van der Waals surface area contributed by atoms with Gasteiger partial charge < -0.3 is 15.2 Å². The molecule has 0 fully saturated rings. The number of anilines is 1. The molecule has 3 aromatic rings. The summed E-state index contributed by atoms with van der Waals surface area (Å²) < 4.78 is 0. The van der Waals surface area contributed by atoms with E-state index in [4.69, 9.17) is 0 Å². The standard InChI is InChI=1S/C24H24N4O2/c1-27-14-16(23(29)28(2)24(30)26-17-7-4-3-5-8-17)11-19-18-9-6-10-20-22(18)15(13-25-20)12-21(19)27/h3-11,13,16,21,25H,12,14H2,1-2H3,(H,26,30)/p+1/t16-,21-/m1/s1. The first kappa shape index (κ1) is 18.6. The molecule has 3 atom stereocenters. The number of fused-ring (bicyclic) bond motifs is 2. The Balaban J connectivity index is 1.43. The Kier molecular flexibility index (Phi) is 4.44. The molecule has 1 aliphatic carbocycles. The Morgan fingerprint density at radius 1 is 1.13 bits per heavy atom. The molecule has 2 aliphatic rings. The van der Waals surface area contributed by atoms with Crippen LogP contribution in [-0.2, 0) is 11.2 Å². The number of rotatable bonds is 2. The largest absolute Gasteiger partial charge is 0.361 e. The summed E-state index contributed by atoms with van der Waals surface area (Å²) in [5, 5.41) is 4.05. The van der Waals surface area contributed by atoms with Gasteiger partial charge in [-0.05, 0) is 29.3 Å². The second-order valence-electron chi connectivity index (χ2n) is 8.27. The lowest BCUT2D eigenvalue weighted by Crippen LogP contribution is -3.15. The molecule has 0 saturated heterocycles. The third-order valence-corrected chi connectivity index (χ3v) is 6.39. The number of benzene rings is 2. The lowest BCUT2D eigenvalue weighted by atomic mass is 9.79. The normalized spacial score (nSPS) is 22.2. The number of hydrogen-bond acceptors (Lipinski definition) is 2. The molecule has 0 saturated carbocycles. The van der Waals surface area contributed by atoms with Crippen LogP contribution in [0.15, 0.2) is 60.8 Å². The molecular weight excluding hydrogens is 376 g/mol. The van der Waals surface area contributed by atoms with Gasteiger partial charge in [-0.15, -0.1) is 0 Å². The summed E-state index contributed by atoms with van der Waals surface area (Å²) in [6.07, 6.45) is 5.16. The summed E-state index contributed by atoms with van der Waals surface area (Å²) in [5.41, 5.74) is 5.56. The number of aromatic amines is 1. The average molecular weight is 401 g/mol. The van der Waals surface area contributed by atoms with Crippen LogP contribution in [-0.4, -0.2) is 48.5 Å². The monoisotopic (exact) mass is 401 g/mol. The number of nitrogens with one attached hydrogen (secondary N) is 3. The lowest BCUT2D eigenvalue weighted by molar-refractivity contribution is -0.900.